The second kappa shape index (κ2) is 5.84. The highest BCUT2D eigenvalue weighted by molar-refractivity contribution is 5.33. The van der Waals surface area contributed by atoms with E-state index in [4.69, 9.17) is 0 Å². The first kappa shape index (κ1) is 14.2. The molecule has 2 N–H and O–H groups in total. The molecule has 106 valence electrons. The van der Waals surface area contributed by atoms with Gasteiger partial charge in [0.15, 0.2) is 0 Å². The van der Waals surface area contributed by atoms with E-state index < -0.39 is 5.60 Å². The molecular formula is C14H23N3O2. The molecule has 0 aromatic carbocycles. The zero-order valence-electron chi connectivity index (χ0n) is 11.8. The summed E-state index contributed by atoms with van der Waals surface area (Å²) in [5.74, 6) is 0.740. The van der Waals surface area contributed by atoms with Gasteiger partial charge in [0, 0.05) is 25.0 Å². The van der Waals surface area contributed by atoms with Crippen molar-refractivity contribution >= 4 is 5.95 Å². The van der Waals surface area contributed by atoms with Crippen LogP contribution in [-0.2, 0) is 6.42 Å². The Bertz CT molecular complexity index is 439. The van der Waals surface area contributed by atoms with Gasteiger partial charge in [-0.05, 0) is 38.2 Å². The number of anilines is 1. The molecule has 0 amide bonds. The summed E-state index contributed by atoms with van der Waals surface area (Å²) in [6.07, 6.45) is 4.80. The van der Waals surface area contributed by atoms with Crippen molar-refractivity contribution in [2.45, 2.75) is 45.1 Å². The maximum Gasteiger partial charge on any atom is 0.225 e. The molecule has 0 spiro atoms. The maximum atomic E-state index is 10.2. The Balaban J connectivity index is 2.14. The van der Waals surface area contributed by atoms with Crippen LogP contribution in [-0.4, -0.2) is 45.5 Å². The predicted octanol–water partition coefficient (Wildman–Crippen LogP) is 1.06. The molecule has 1 fully saturated rings. The van der Waals surface area contributed by atoms with Crippen LogP contribution in [0, 0.1) is 6.92 Å². The Morgan fingerprint density at radius 1 is 1.37 bits per heavy atom. The molecule has 0 saturated carbocycles. The van der Waals surface area contributed by atoms with Gasteiger partial charge in [-0.25, -0.2) is 9.97 Å². The van der Waals surface area contributed by atoms with Crippen molar-refractivity contribution in [3.63, 3.8) is 0 Å². The number of aliphatic hydroxyl groups excluding tert-OH is 1. The molecule has 0 aliphatic carbocycles. The molecule has 1 atom stereocenters. The van der Waals surface area contributed by atoms with Gasteiger partial charge >= 0.3 is 0 Å². The van der Waals surface area contributed by atoms with Gasteiger partial charge in [-0.3, -0.25) is 0 Å². The van der Waals surface area contributed by atoms with Crippen LogP contribution in [0.4, 0.5) is 5.95 Å². The lowest BCUT2D eigenvalue weighted by Crippen LogP contribution is -2.35. The van der Waals surface area contributed by atoms with E-state index in [0.717, 1.165) is 36.6 Å². The van der Waals surface area contributed by atoms with Gasteiger partial charge in [0.1, 0.15) is 0 Å². The molecule has 2 heterocycles. The Hall–Kier alpha value is -1.20. The van der Waals surface area contributed by atoms with E-state index in [1.807, 2.05) is 13.1 Å². The third-order valence-electron chi connectivity index (χ3n) is 3.89. The van der Waals surface area contributed by atoms with Gasteiger partial charge in [-0.1, -0.05) is 6.92 Å². The average Bonchev–Trinajstić information content (AvgIpc) is 2.62. The molecular weight excluding hydrogens is 242 g/mol. The molecule has 1 aromatic rings. The molecule has 2 rings (SSSR count). The standard InChI is InChI=1S/C14H23N3O2/c1-3-12-11(2)9-15-13(16-12)17-7-4-5-14(19,10-18)6-8-17/h9,18-19H,3-8,10H2,1-2H3. The molecule has 0 bridgehead atoms. The van der Waals surface area contributed by atoms with E-state index in [-0.39, 0.29) is 6.61 Å². The summed E-state index contributed by atoms with van der Waals surface area (Å²) >= 11 is 0. The summed E-state index contributed by atoms with van der Waals surface area (Å²) in [6.45, 7) is 5.45. The largest absolute Gasteiger partial charge is 0.393 e. The summed E-state index contributed by atoms with van der Waals surface area (Å²) < 4.78 is 0. The highest BCUT2D eigenvalue weighted by Gasteiger charge is 2.30. The van der Waals surface area contributed by atoms with Crippen LogP contribution < -0.4 is 4.90 Å². The van der Waals surface area contributed by atoms with E-state index in [1.165, 1.54) is 0 Å². The number of hydrogen-bond donors (Lipinski definition) is 2. The summed E-state index contributed by atoms with van der Waals surface area (Å²) in [4.78, 5) is 11.1. The van der Waals surface area contributed by atoms with Gasteiger partial charge < -0.3 is 15.1 Å². The van der Waals surface area contributed by atoms with Crippen LogP contribution in [0.15, 0.2) is 6.20 Å². The highest BCUT2D eigenvalue weighted by atomic mass is 16.3. The number of aryl methyl sites for hydroxylation is 2. The van der Waals surface area contributed by atoms with Crippen molar-refractivity contribution in [2.24, 2.45) is 0 Å². The van der Waals surface area contributed by atoms with Gasteiger partial charge in [0.25, 0.3) is 0 Å². The van der Waals surface area contributed by atoms with Crippen molar-refractivity contribution in [2.75, 3.05) is 24.6 Å². The summed E-state index contributed by atoms with van der Waals surface area (Å²) in [5, 5.41) is 19.4. The predicted molar refractivity (Wildman–Crippen MR) is 74.2 cm³/mol. The summed E-state index contributed by atoms with van der Waals surface area (Å²) in [6, 6.07) is 0. The van der Waals surface area contributed by atoms with E-state index >= 15 is 0 Å². The minimum atomic E-state index is -0.937. The molecule has 1 aliphatic heterocycles. The quantitative estimate of drug-likeness (QED) is 0.855. The molecule has 1 saturated heterocycles. The zero-order chi connectivity index (χ0) is 13.9. The monoisotopic (exact) mass is 265 g/mol. The van der Waals surface area contributed by atoms with Crippen LogP contribution in [0.5, 0.6) is 0 Å². The van der Waals surface area contributed by atoms with Crippen molar-refractivity contribution < 1.29 is 10.2 Å². The smallest absolute Gasteiger partial charge is 0.225 e. The first-order valence-electron chi connectivity index (χ1n) is 6.98. The highest BCUT2D eigenvalue weighted by Crippen LogP contribution is 2.24. The second-order valence-electron chi connectivity index (χ2n) is 5.38. The van der Waals surface area contributed by atoms with Crippen LogP contribution in [0.25, 0.3) is 0 Å². The van der Waals surface area contributed by atoms with Gasteiger partial charge in [-0.15, -0.1) is 0 Å². The molecule has 19 heavy (non-hydrogen) atoms. The third-order valence-corrected chi connectivity index (χ3v) is 3.89. The fraction of sp³-hybridized carbons (Fsp3) is 0.714. The Morgan fingerprint density at radius 2 is 2.16 bits per heavy atom. The first-order valence-corrected chi connectivity index (χ1v) is 6.98. The van der Waals surface area contributed by atoms with Gasteiger partial charge in [-0.2, -0.15) is 0 Å². The van der Waals surface area contributed by atoms with Crippen LogP contribution in [0.1, 0.15) is 37.4 Å². The van der Waals surface area contributed by atoms with E-state index in [1.54, 1.807) is 0 Å². The second-order valence-corrected chi connectivity index (χ2v) is 5.38. The van der Waals surface area contributed by atoms with Crippen molar-refractivity contribution in [1.82, 2.24) is 9.97 Å². The number of aliphatic hydroxyl groups is 2. The molecule has 1 unspecified atom stereocenters. The lowest BCUT2D eigenvalue weighted by molar-refractivity contribution is -0.0232. The Labute approximate surface area is 114 Å². The topological polar surface area (TPSA) is 69.5 Å². The molecule has 0 radical (unpaired) electrons. The normalized spacial score (nSPS) is 24.3. The van der Waals surface area contributed by atoms with Crippen molar-refractivity contribution in [3.05, 3.63) is 17.5 Å². The van der Waals surface area contributed by atoms with Gasteiger partial charge in [0.05, 0.1) is 12.2 Å². The van der Waals surface area contributed by atoms with Crippen LogP contribution in [0.3, 0.4) is 0 Å². The fourth-order valence-corrected chi connectivity index (χ4v) is 2.51. The maximum absolute atomic E-state index is 10.2. The molecule has 5 heteroatoms. The zero-order valence-corrected chi connectivity index (χ0v) is 11.8. The molecule has 5 nitrogen and oxygen atoms in total. The number of rotatable bonds is 3. The fourth-order valence-electron chi connectivity index (χ4n) is 2.51. The minimum Gasteiger partial charge on any atom is -0.393 e. The van der Waals surface area contributed by atoms with Crippen molar-refractivity contribution in [1.29, 1.82) is 0 Å². The summed E-state index contributed by atoms with van der Waals surface area (Å²) in [5.41, 5.74) is 1.26. The number of aromatic nitrogens is 2. The van der Waals surface area contributed by atoms with Gasteiger partial charge in [0.2, 0.25) is 5.95 Å². The van der Waals surface area contributed by atoms with Crippen molar-refractivity contribution in [3.8, 4) is 0 Å². The minimum absolute atomic E-state index is 0.171. The van der Waals surface area contributed by atoms with E-state index in [2.05, 4.69) is 21.8 Å². The number of hydrogen-bond acceptors (Lipinski definition) is 5. The summed E-state index contributed by atoms with van der Waals surface area (Å²) in [7, 11) is 0. The van der Waals surface area contributed by atoms with E-state index in [9.17, 15) is 10.2 Å². The molecule has 1 aliphatic rings. The van der Waals surface area contributed by atoms with E-state index in [0.29, 0.717) is 19.4 Å². The molecule has 1 aromatic heterocycles. The van der Waals surface area contributed by atoms with Crippen LogP contribution >= 0.6 is 0 Å². The van der Waals surface area contributed by atoms with Crippen LogP contribution in [0.2, 0.25) is 0 Å². The number of nitrogens with zero attached hydrogens (tertiary/aromatic N) is 3. The lowest BCUT2D eigenvalue weighted by Gasteiger charge is -2.24. The Kier molecular flexibility index (Phi) is 4.37. The lowest BCUT2D eigenvalue weighted by atomic mass is 9.96. The SMILES string of the molecule is CCc1nc(N2CCCC(O)(CO)CC2)ncc1C. The first-order chi connectivity index (χ1) is 9.08. The third kappa shape index (κ3) is 3.22. The Morgan fingerprint density at radius 3 is 2.84 bits per heavy atom. The average molecular weight is 265 g/mol.